The maximum absolute atomic E-state index is 13.8. The van der Waals surface area contributed by atoms with E-state index in [9.17, 15) is 12.8 Å². The monoisotopic (exact) mass is 306 g/mol. The lowest BCUT2D eigenvalue weighted by Crippen LogP contribution is -2.14. The number of halogens is 1. The Labute approximate surface area is 121 Å². The zero-order valence-corrected chi connectivity index (χ0v) is 11.6. The molecular weight excluding hydrogens is 295 g/mol. The van der Waals surface area contributed by atoms with Crippen molar-refractivity contribution in [3.63, 3.8) is 0 Å². The third-order valence-electron chi connectivity index (χ3n) is 2.39. The van der Waals surface area contributed by atoms with Gasteiger partial charge in [-0.15, -0.1) is 5.10 Å². The van der Waals surface area contributed by atoms with Crippen LogP contribution in [0.5, 0.6) is 0 Å². The normalized spacial score (nSPS) is 10.6. The Bertz CT molecular complexity index is 798. The first-order chi connectivity index (χ1) is 10.0. The van der Waals surface area contributed by atoms with E-state index >= 15 is 0 Å². The van der Waals surface area contributed by atoms with Gasteiger partial charge < -0.3 is 5.73 Å². The van der Waals surface area contributed by atoms with Crippen LogP contribution in [0.2, 0.25) is 0 Å². The fourth-order valence-corrected chi connectivity index (χ4v) is 2.47. The topological polar surface area (TPSA) is 98.0 Å². The van der Waals surface area contributed by atoms with E-state index in [1.807, 2.05) is 0 Å². The average Bonchev–Trinajstić information content (AvgIpc) is 2.46. The van der Waals surface area contributed by atoms with E-state index in [4.69, 9.17) is 5.73 Å². The van der Waals surface area contributed by atoms with Gasteiger partial charge in [-0.25, -0.2) is 12.8 Å². The van der Waals surface area contributed by atoms with Gasteiger partial charge in [-0.1, -0.05) is 11.8 Å². The number of nitrogens with one attached hydrogen (secondary N) is 1. The lowest BCUT2D eigenvalue weighted by atomic mass is 10.2. The SMILES string of the molecule is NCC#Cc1ccc(S(=O)(=O)Nc2cccnn2)cc1F. The molecule has 3 N–H and O–H groups in total. The fourth-order valence-electron chi connectivity index (χ4n) is 1.46. The molecule has 0 aliphatic heterocycles. The van der Waals surface area contributed by atoms with Gasteiger partial charge in [0.25, 0.3) is 10.0 Å². The fraction of sp³-hybridized carbons (Fsp3) is 0.0769. The van der Waals surface area contributed by atoms with Gasteiger partial charge in [0.1, 0.15) is 5.82 Å². The number of benzene rings is 1. The highest BCUT2D eigenvalue weighted by molar-refractivity contribution is 7.92. The van der Waals surface area contributed by atoms with E-state index in [-0.39, 0.29) is 22.8 Å². The first kappa shape index (κ1) is 14.9. The van der Waals surface area contributed by atoms with Crippen LogP contribution < -0.4 is 10.5 Å². The molecule has 6 nitrogen and oxygen atoms in total. The molecule has 0 atom stereocenters. The van der Waals surface area contributed by atoms with Crippen molar-refractivity contribution in [2.75, 3.05) is 11.3 Å². The van der Waals surface area contributed by atoms with Crippen LogP contribution in [-0.4, -0.2) is 25.2 Å². The van der Waals surface area contributed by atoms with Gasteiger partial charge in [0, 0.05) is 6.20 Å². The third-order valence-corrected chi connectivity index (χ3v) is 3.74. The molecule has 8 heteroatoms. The van der Waals surface area contributed by atoms with Gasteiger partial charge in [0.2, 0.25) is 0 Å². The number of nitrogens with zero attached hydrogens (tertiary/aromatic N) is 2. The van der Waals surface area contributed by atoms with E-state index in [1.54, 1.807) is 0 Å². The van der Waals surface area contributed by atoms with E-state index < -0.39 is 15.8 Å². The molecule has 2 aromatic rings. The Morgan fingerprint density at radius 1 is 1.33 bits per heavy atom. The maximum atomic E-state index is 13.8. The second kappa shape index (κ2) is 6.30. The first-order valence-corrected chi connectivity index (χ1v) is 7.30. The minimum absolute atomic E-state index is 0.0462. The minimum Gasteiger partial charge on any atom is -0.320 e. The Kier molecular flexibility index (Phi) is 4.47. The molecule has 0 amide bonds. The minimum atomic E-state index is -3.94. The summed E-state index contributed by atoms with van der Waals surface area (Å²) in [5.41, 5.74) is 5.28. The Morgan fingerprint density at radius 2 is 2.14 bits per heavy atom. The molecular formula is C13H11FN4O2S. The highest BCUT2D eigenvalue weighted by Crippen LogP contribution is 2.17. The van der Waals surface area contributed by atoms with Gasteiger partial charge in [0.15, 0.2) is 5.82 Å². The Hall–Kier alpha value is -2.50. The summed E-state index contributed by atoms with van der Waals surface area (Å²) < 4.78 is 40.1. The highest BCUT2D eigenvalue weighted by Gasteiger charge is 2.16. The van der Waals surface area contributed by atoms with E-state index in [2.05, 4.69) is 26.8 Å². The van der Waals surface area contributed by atoms with Crippen LogP contribution in [0.1, 0.15) is 5.56 Å². The first-order valence-electron chi connectivity index (χ1n) is 5.82. The summed E-state index contributed by atoms with van der Waals surface area (Å²) in [6, 6.07) is 6.38. The molecule has 0 saturated heterocycles. The number of hydrogen-bond acceptors (Lipinski definition) is 5. The van der Waals surface area contributed by atoms with E-state index in [1.165, 1.54) is 30.5 Å². The van der Waals surface area contributed by atoms with Crippen LogP contribution in [0, 0.1) is 17.7 Å². The molecule has 0 aliphatic rings. The Balaban J connectivity index is 2.31. The van der Waals surface area contributed by atoms with Crippen molar-refractivity contribution in [3.8, 4) is 11.8 Å². The summed E-state index contributed by atoms with van der Waals surface area (Å²) in [7, 11) is -3.94. The van der Waals surface area contributed by atoms with Crippen molar-refractivity contribution in [2.45, 2.75) is 4.90 Å². The molecule has 0 bridgehead atoms. The molecule has 1 aromatic carbocycles. The average molecular weight is 306 g/mol. The molecule has 21 heavy (non-hydrogen) atoms. The van der Waals surface area contributed by atoms with E-state index in [0.717, 1.165) is 6.07 Å². The van der Waals surface area contributed by atoms with Crippen LogP contribution in [0.15, 0.2) is 41.4 Å². The molecule has 0 unspecified atom stereocenters. The van der Waals surface area contributed by atoms with Crippen molar-refractivity contribution in [1.82, 2.24) is 10.2 Å². The maximum Gasteiger partial charge on any atom is 0.263 e. The third kappa shape index (κ3) is 3.75. The second-order valence-corrected chi connectivity index (χ2v) is 5.54. The number of aromatic nitrogens is 2. The Morgan fingerprint density at radius 3 is 2.76 bits per heavy atom. The quantitative estimate of drug-likeness (QED) is 0.815. The standard InChI is InChI=1S/C13H11FN4O2S/c14-12-9-11(6-5-10(12)3-1-7-15)21(19,20)18-13-4-2-8-16-17-13/h2,4-6,8-9H,7,15H2,(H,17,18). The molecule has 0 saturated carbocycles. The van der Waals surface area contributed by atoms with E-state index in [0.29, 0.717) is 0 Å². The van der Waals surface area contributed by atoms with Crippen LogP contribution >= 0.6 is 0 Å². The second-order valence-electron chi connectivity index (χ2n) is 3.86. The van der Waals surface area contributed by atoms with Crippen molar-refractivity contribution in [3.05, 3.63) is 47.9 Å². The number of sulfonamides is 1. The smallest absolute Gasteiger partial charge is 0.263 e. The number of hydrogen-bond donors (Lipinski definition) is 2. The van der Waals surface area contributed by atoms with Crippen molar-refractivity contribution < 1.29 is 12.8 Å². The molecule has 0 spiro atoms. The summed E-state index contributed by atoms with van der Waals surface area (Å²) in [5, 5.41) is 7.15. The summed E-state index contributed by atoms with van der Waals surface area (Å²) in [6.45, 7) is 0.0910. The molecule has 0 aliphatic carbocycles. The zero-order chi connectivity index (χ0) is 15.3. The molecule has 2 rings (SSSR count). The highest BCUT2D eigenvalue weighted by atomic mass is 32.2. The molecule has 1 heterocycles. The predicted octanol–water partition coefficient (Wildman–Crippen LogP) is 0.727. The predicted molar refractivity (Wildman–Crippen MR) is 75.2 cm³/mol. The lowest BCUT2D eigenvalue weighted by molar-refractivity contribution is 0.594. The summed E-state index contributed by atoms with van der Waals surface area (Å²) in [4.78, 5) is -0.232. The molecule has 0 radical (unpaired) electrons. The van der Waals surface area contributed by atoms with Crippen LogP contribution in [0.4, 0.5) is 10.2 Å². The lowest BCUT2D eigenvalue weighted by Gasteiger charge is -2.07. The number of rotatable bonds is 3. The van der Waals surface area contributed by atoms with Crippen molar-refractivity contribution in [1.29, 1.82) is 0 Å². The molecule has 1 aromatic heterocycles. The van der Waals surface area contributed by atoms with Crippen molar-refractivity contribution >= 4 is 15.8 Å². The molecule has 0 fully saturated rings. The molecule has 108 valence electrons. The van der Waals surface area contributed by atoms with Crippen molar-refractivity contribution in [2.24, 2.45) is 5.73 Å². The summed E-state index contributed by atoms with van der Waals surface area (Å²) >= 11 is 0. The van der Waals surface area contributed by atoms with Gasteiger partial charge in [-0.2, -0.15) is 5.10 Å². The summed E-state index contributed by atoms with van der Waals surface area (Å²) in [6.07, 6.45) is 1.41. The largest absolute Gasteiger partial charge is 0.320 e. The number of anilines is 1. The van der Waals surface area contributed by atoms with Crippen LogP contribution in [0.3, 0.4) is 0 Å². The van der Waals surface area contributed by atoms with Gasteiger partial charge in [0.05, 0.1) is 17.0 Å². The number of nitrogens with two attached hydrogens (primary N) is 1. The van der Waals surface area contributed by atoms with Gasteiger partial charge >= 0.3 is 0 Å². The summed E-state index contributed by atoms with van der Waals surface area (Å²) in [5.74, 6) is 4.32. The van der Waals surface area contributed by atoms with Crippen LogP contribution in [0.25, 0.3) is 0 Å². The zero-order valence-electron chi connectivity index (χ0n) is 10.7. The van der Waals surface area contributed by atoms with Crippen LogP contribution in [-0.2, 0) is 10.0 Å². The van der Waals surface area contributed by atoms with Gasteiger partial charge in [-0.05, 0) is 30.3 Å². The van der Waals surface area contributed by atoms with Gasteiger partial charge in [-0.3, -0.25) is 4.72 Å².